The lowest BCUT2D eigenvalue weighted by atomic mass is 10.0. The fourth-order valence-electron chi connectivity index (χ4n) is 1.76. The first-order chi connectivity index (χ1) is 9.58. The van der Waals surface area contributed by atoms with E-state index in [2.05, 4.69) is 0 Å². The topological polar surface area (TPSA) is 74.6 Å². The van der Waals surface area contributed by atoms with Crippen LogP contribution in [0.4, 0.5) is 0 Å². The molecule has 0 heterocycles. The summed E-state index contributed by atoms with van der Waals surface area (Å²) in [5, 5.41) is 18.3. The van der Waals surface area contributed by atoms with Crippen LogP contribution in [-0.2, 0) is 9.59 Å². The Morgan fingerprint density at radius 2 is 1.50 bits per heavy atom. The lowest BCUT2D eigenvalue weighted by Crippen LogP contribution is -2.09. The molecule has 0 atom stereocenters. The zero-order chi connectivity index (χ0) is 14.5. The summed E-state index contributed by atoms with van der Waals surface area (Å²) in [6, 6.07) is 16.4. The first-order valence-electron chi connectivity index (χ1n) is 5.91. The molecule has 2 aromatic rings. The van der Waals surface area contributed by atoms with Gasteiger partial charge in [0.2, 0.25) is 0 Å². The second-order valence-electron chi connectivity index (χ2n) is 4.15. The van der Waals surface area contributed by atoms with Gasteiger partial charge in [0, 0.05) is 11.6 Å². The molecule has 0 aliphatic rings. The molecule has 2 aromatic carbocycles. The average molecular weight is 268 g/mol. The second-order valence-corrected chi connectivity index (χ2v) is 4.15. The summed E-state index contributed by atoms with van der Waals surface area (Å²) < 4.78 is 0. The van der Waals surface area contributed by atoms with E-state index in [9.17, 15) is 14.7 Å². The largest absolute Gasteiger partial charge is 0.507 e. The van der Waals surface area contributed by atoms with Crippen molar-refractivity contribution in [2.24, 2.45) is 0 Å². The van der Waals surface area contributed by atoms with Crippen LogP contribution in [0.5, 0.6) is 0 Å². The maximum absolute atomic E-state index is 11.0. The number of carboxylic acids is 1. The van der Waals surface area contributed by atoms with Crippen molar-refractivity contribution >= 4 is 17.5 Å². The number of aliphatic hydroxyl groups excluding tert-OH is 1. The number of hydrogen-bond acceptors (Lipinski definition) is 3. The molecule has 0 unspecified atom stereocenters. The molecule has 0 saturated heterocycles. The lowest BCUT2D eigenvalue weighted by molar-refractivity contribution is -0.146. The van der Waals surface area contributed by atoms with E-state index in [1.54, 1.807) is 18.2 Å². The van der Waals surface area contributed by atoms with Crippen molar-refractivity contribution in [1.29, 1.82) is 0 Å². The maximum Gasteiger partial charge on any atom is 0.376 e. The molecule has 0 saturated carbocycles. The minimum atomic E-state index is -1.60. The van der Waals surface area contributed by atoms with E-state index in [1.807, 2.05) is 36.4 Å². The third-order valence-electron chi connectivity index (χ3n) is 2.74. The predicted molar refractivity (Wildman–Crippen MR) is 75.1 cm³/mol. The number of rotatable bonds is 4. The molecule has 0 aromatic heterocycles. The van der Waals surface area contributed by atoms with E-state index in [-0.39, 0.29) is 5.76 Å². The predicted octanol–water partition coefficient (Wildman–Crippen LogP) is 2.91. The molecular weight excluding hydrogens is 256 g/mol. The molecule has 100 valence electrons. The summed E-state index contributed by atoms with van der Waals surface area (Å²) in [7, 11) is 0. The molecule has 2 rings (SSSR count). The van der Waals surface area contributed by atoms with Gasteiger partial charge < -0.3 is 10.2 Å². The molecule has 20 heavy (non-hydrogen) atoms. The summed E-state index contributed by atoms with van der Waals surface area (Å²) in [5.41, 5.74) is 2.22. The standard InChI is InChI=1S/C16H12O4/c17-14(10-15(18)16(19)20)13-8-4-7-12(9-13)11-5-2-1-3-6-11/h1-10,17H,(H,19,20). The smallest absolute Gasteiger partial charge is 0.376 e. The van der Waals surface area contributed by atoms with Gasteiger partial charge in [0.05, 0.1) is 0 Å². The van der Waals surface area contributed by atoms with Gasteiger partial charge in [0.15, 0.2) is 0 Å². The molecular formula is C16H12O4. The highest BCUT2D eigenvalue weighted by molar-refractivity contribution is 6.38. The molecule has 0 fully saturated rings. The number of carboxylic acid groups (broad SMARTS) is 1. The minimum Gasteiger partial charge on any atom is -0.507 e. The van der Waals surface area contributed by atoms with Crippen LogP contribution in [0.3, 0.4) is 0 Å². The van der Waals surface area contributed by atoms with E-state index in [1.165, 1.54) is 0 Å². The molecule has 0 radical (unpaired) electrons. The summed E-state index contributed by atoms with van der Waals surface area (Å²) in [5.74, 6) is -3.13. The van der Waals surface area contributed by atoms with Gasteiger partial charge >= 0.3 is 5.97 Å². The minimum absolute atomic E-state index is 0.366. The molecule has 0 bridgehead atoms. The normalized spacial score (nSPS) is 11.1. The summed E-state index contributed by atoms with van der Waals surface area (Å²) in [6.07, 6.45) is 0.701. The van der Waals surface area contributed by atoms with Crippen molar-refractivity contribution in [3.05, 3.63) is 66.2 Å². The van der Waals surface area contributed by atoms with Crippen LogP contribution in [0.25, 0.3) is 16.9 Å². The van der Waals surface area contributed by atoms with E-state index in [0.29, 0.717) is 11.6 Å². The van der Waals surface area contributed by atoms with E-state index < -0.39 is 11.8 Å². The van der Waals surface area contributed by atoms with Crippen molar-refractivity contribution in [2.45, 2.75) is 0 Å². The third kappa shape index (κ3) is 3.11. The van der Waals surface area contributed by atoms with Gasteiger partial charge in [-0.05, 0) is 17.2 Å². The Kier molecular flexibility index (Phi) is 3.96. The highest BCUT2D eigenvalue weighted by Gasteiger charge is 2.10. The van der Waals surface area contributed by atoms with Crippen LogP contribution < -0.4 is 0 Å². The van der Waals surface area contributed by atoms with Gasteiger partial charge in [0.25, 0.3) is 5.78 Å². The van der Waals surface area contributed by atoms with Crippen LogP contribution in [0.1, 0.15) is 5.56 Å². The van der Waals surface area contributed by atoms with Gasteiger partial charge in [-0.15, -0.1) is 0 Å². The fraction of sp³-hybridized carbons (Fsp3) is 0. The SMILES string of the molecule is O=C(O)C(=O)C=C(O)c1cccc(-c2ccccc2)c1. The van der Waals surface area contributed by atoms with Crippen LogP contribution >= 0.6 is 0 Å². The number of benzene rings is 2. The maximum atomic E-state index is 11.0. The van der Waals surface area contributed by atoms with Crippen molar-refractivity contribution in [3.8, 4) is 11.1 Å². The Labute approximate surface area is 115 Å². The quantitative estimate of drug-likeness (QED) is 0.508. The number of carbonyl (C=O) groups is 2. The number of ketones is 1. The number of hydrogen-bond donors (Lipinski definition) is 2. The number of carbonyl (C=O) groups excluding carboxylic acids is 1. The van der Waals surface area contributed by atoms with Crippen molar-refractivity contribution < 1.29 is 19.8 Å². The van der Waals surface area contributed by atoms with Crippen LogP contribution in [-0.4, -0.2) is 22.0 Å². The Morgan fingerprint density at radius 3 is 2.15 bits per heavy atom. The molecule has 0 spiro atoms. The Balaban J connectivity index is 2.36. The van der Waals surface area contributed by atoms with Crippen molar-refractivity contribution in [2.75, 3.05) is 0 Å². The first-order valence-corrected chi connectivity index (χ1v) is 5.91. The molecule has 2 N–H and O–H groups in total. The molecule has 0 amide bonds. The van der Waals surface area contributed by atoms with Crippen LogP contribution in [0, 0.1) is 0 Å². The highest BCUT2D eigenvalue weighted by Crippen LogP contribution is 2.22. The van der Waals surface area contributed by atoms with Crippen LogP contribution in [0.15, 0.2) is 60.7 Å². The third-order valence-corrected chi connectivity index (χ3v) is 2.74. The highest BCUT2D eigenvalue weighted by atomic mass is 16.4. The fourth-order valence-corrected chi connectivity index (χ4v) is 1.76. The second kappa shape index (κ2) is 5.84. The van der Waals surface area contributed by atoms with Gasteiger partial charge in [-0.25, -0.2) is 4.79 Å². The van der Waals surface area contributed by atoms with E-state index in [4.69, 9.17) is 5.11 Å². The summed E-state index contributed by atoms with van der Waals surface area (Å²) in [4.78, 5) is 21.5. The van der Waals surface area contributed by atoms with E-state index >= 15 is 0 Å². The summed E-state index contributed by atoms with van der Waals surface area (Å²) in [6.45, 7) is 0. The van der Waals surface area contributed by atoms with Gasteiger partial charge in [-0.3, -0.25) is 4.79 Å². The Hall–Kier alpha value is -2.88. The summed E-state index contributed by atoms with van der Waals surface area (Å²) >= 11 is 0. The van der Waals surface area contributed by atoms with E-state index in [0.717, 1.165) is 11.1 Å². The van der Waals surface area contributed by atoms with Crippen LogP contribution in [0.2, 0.25) is 0 Å². The number of aliphatic carboxylic acids is 1. The number of aliphatic hydroxyl groups is 1. The zero-order valence-electron chi connectivity index (χ0n) is 10.5. The zero-order valence-corrected chi connectivity index (χ0v) is 10.5. The average Bonchev–Trinajstić information content (AvgIpc) is 2.48. The monoisotopic (exact) mass is 268 g/mol. The first kappa shape index (κ1) is 13.5. The Bertz CT molecular complexity index is 672. The molecule has 0 aliphatic carbocycles. The molecule has 4 heteroatoms. The Morgan fingerprint density at radius 1 is 0.850 bits per heavy atom. The molecule has 4 nitrogen and oxygen atoms in total. The molecule has 0 aliphatic heterocycles. The van der Waals surface area contributed by atoms with Gasteiger partial charge in [-0.2, -0.15) is 0 Å². The van der Waals surface area contributed by atoms with Gasteiger partial charge in [-0.1, -0.05) is 48.5 Å². The van der Waals surface area contributed by atoms with Crippen molar-refractivity contribution in [1.82, 2.24) is 0 Å². The van der Waals surface area contributed by atoms with Gasteiger partial charge in [0.1, 0.15) is 5.76 Å². The van der Waals surface area contributed by atoms with Crippen molar-refractivity contribution in [3.63, 3.8) is 0 Å². The lowest BCUT2D eigenvalue weighted by Gasteiger charge is -2.05.